The van der Waals surface area contributed by atoms with E-state index in [1.807, 2.05) is 13.8 Å². The van der Waals surface area contributed by atoms with Gasteiger partial charge in [-0.2, -0.15) is 0 Å². The quantitative estimate of drug-likeness (QED) is 0.566. The maximum Gasteiger partial charge on any atom is 0.119 e. The van der Waals surface area contributed by atoms with Crippen molar-refractivity contribution in [1.29, 1.82) is 0 Å². The van der Waals surface area contributed by atoms with Crippen LogP contribution in [0.2, 0.25) is 0 Å². The molecule has 0 saturated heterocycles. The van der Waals surface area contributed by atoms with E-state index in [1.54, 1.807) is 5.56 Å². The first-order valence-corrected chi connectivity index (χ1v) is 11.3. The molecule has 1 heteroatoms. The molecule has 0 spiro atoms. The van der Waals surface area contributed by atoms with Crippen LogP contribution in [0.4, 0.5) is 0 Å². The van der Waals surface area contributed by atoms with Crippen LogP contribution in [0.1, 0.15) is 95.2 Å². The summed E-state index contributed by atoms with van der Waals surface area (Å²) in [6, 6.07) is 4.41. The van der Waals surface area contributed by atoms with Gasteiger partial charge in [-0.1, -0.05) is 33.8 Å². The first-order valence-electron chi connectivity index (χ1n) is 11.3. The summed E-state index contributed by atoms with van der Waals surface area (Å²) in [7, 11) is 0. The molecule has 0 radical (unpaired) electrons. The van der Waals surface area contributed by atoms with E-state index >= 15 is 0 Å². The van der Waals surface area contributed by atoms with Crippen LogP contribution < -0.4 is 0 Å². The number of fused-ring (bicyclic) bond motifs is 4. The number of aryl methyl sites for hydroxylation is 2. The van der Waals surface area contributed by atoms with Gasteiger partial charge < -0.3 is 5.11 Å². The van der Waals surface area contributed by atoms with Crippen LogP contribution in [0.5, 0.6) is 5.75 Å². The second-order valence-corrected chi connectivity index (χ2v) is 9.10. The van der Waals surface area contributed by atoms with Crippen LogP contribution in [0.15, 0.2) is 12.1 Å². The SMILES string of the molecule is C#CCC1CCC2CC3CCc4cc(O)c(CC)cc4C3CCC12C.CC. The second kappa shape index (κ2) is 8.30. The second-order valence-electron chi connectivity index (χ2n) is 9.10. The third-order valence-corrected chi connectivity index (χ3v) is 8.15. The lowest BCUT2D eigenvalue weighted by molar-refractivity contribution is 0.141. The van der Waals surface area contributed by atoms with E-state index in [2.05, 4.69) is 31.9 Å². The normalized spacial score (nSPS) is 34.2. The van der Waals surface area contributed by atoms with Gasteiger partial charge in [0.1, 0.15) is 5.75 Å². The van der Waals surface area contributed by atoms with E-state index in [4.69, 9.17) is 6.42 Å². The highest BCUT2D eigenvalue weighted by Crippen LogP contribution is 2.60. The van der Waals surface area contributed by atoms with Crippen LogP contribution in [-0.4, -0.2) is 5.11 Å². The van der Waals surface area contributed by atoms with Crippen molar-refractivity contribution in [2.45, 2.75) is 91.4 Å². The minimum absolute atomic E-state index is 0.453. The molecule has 4 rings (SSSR count). The van der Waals surface area contributed by atoms with Gasteiger partial charge in [0, 0.05) is 6.42 Å². The molecule has 1 aromatic rings. The maximum absolute atomic E-state index is 10.3. The number of aromatic hydroxyl groups is 1. The lowest BCUT2D eigenvalue weighted by Gasteiger charge is -2.36. The summed E-state index contributed by atoms with van der Waals surface area (Å²) >= 11 is 0. The lowest BCUT2D eigenvalue weighted by atomic mass is 9.69. The molecule has 2 saturated carbocycles. The fraction of sp³-hybridized carbons (Fsp3) is 0.692. The standard InChI is InChI=1S/C24H32O.C2H6/c1-4-6-19-9-10-20-13-17-7-8-18-15-23(25)16(5-2)14-22(18)21(17)11-12-24(19,20)3;1-2/h1,14-15,17,19-21,25H,5-13H2,2-3H3;1-2H3. The fourth-order valence-corrected chi connectivity index (χ4v) is 6.51. The monoisotopic (exact) mass is 366 g/mol. The lowest BCUT2D eigenvalue weighted by Crippen LogP contribution is -2.28. The Balaban J connectivity index is 0.00000102. The van der Waals surface area contributed by atoms with Gasteiger partial charge >= 0.3 is 0 Å². The highest BCUT2D eigenvalue weighted by molar-refractivity contribution is 5.45. The van der Waals surface area contributed by atoms with Crippen LogP contribution >= 0.6 is 0 Å². The predicted octanol–water partition coefficient (Wildman–Crippen LogP) is 6.87. The molecule has 1 nitrogen and oxygen atoms in total. The van der Waals surface area contributed by atoms with E-state index in [1.165, 1.54) is 44.1 Å². The van der Waals surface area contributed by atoms with Gasteiger partial charge in [0.2, 0.25) is 0 Å². The minimum Gasteiger partial charge on any atom is -0.508 e. The molecule has 0 aliphatic heterocycles. The molecule has 5 atom stereocenters. The minimum atomic E-state index is 0.453. The van der Waals surface area contributed by atoms with E-state index in [-0.39, 0.29) is 0 Å². The Morgan fingerprint density at radius 2 is 1.96 bits per heavy atom. The summed E-state index contributed by atoms with van der Waals surface area (Å²) in [6.45, 7) is 8.68. The molecule has 1 N–H and O–H groups in total. The summed E-state index contributed by atoms with van der Waals surface area (Å²) in [4.78, 5) is 0. The smallest absolute Gasteiger partial charge is 0.119 e. The summed E-state index contributed by atoms with van der Waals surface area (Å²) in [6.07, 6.45) is 16.8. The highest BCUT2D eigenvalue weighted by Gasteiger charge is 2.49. The maximum atomic E-state index is 10.3. The molecule has 3 aliphatic rings. The number of phenols is 1. The molecule has 2 fully saturated rings. The van der Waals surface area contributed by atoms with E-state index < -0.39 is 0 Å². The van der Waals surface area contributed by atoms with E-state index in [0.29, 0.717) is 17.1 Å². The van der Waals surface area contributed by atoms with Crippen molar-refractivity contribution >= 4 is 0 Å². The molecule has 148 valence electrons. The number of phenolic OH excluding ortho intramolecular Hbond substituents is 1. The molecule has 3 aliphatic carbocycles. The average Bonchev–Trinajstić information content (AvgIpc) is 2.89. The first-order chi connectivity index (χ1) is 13.1. The van der Waals surface area contributed by atoms with Crippen LogP contribution in [-0.2, 0) is 12.8 Å². The average molecular weight is 367 g/mol. The van der Waals surface area contributed by atoms with Crippen molar-refractivity contribution in [3.63, 3.8) is 0 Å². The fourth-order valence-electron chi connectivity index (χ4n) is 6.51. The molecule has 0 heterocycles. The summed E-state index contributed by atoms with van der Waals surface area (Å²) in [5, 5.41) is 10.3. The van der Waals surface area contributed by atoms with Crippen LogP contribution in [0.25, 0.3) is 0 Å². The molecule has 1 aromatic carbocycles. The van der Waals surface area contributed by atoms with Crippen molar-refractivity contribution in [2.75, 3.05) is 0 Å². The molecule has 0 bridgehead atoms. The Kier molecular flexibility index (Phi) is 6.25. The van der Waals surface area contributed by atoms with Crippen LogP contribution in [0.3, 0.4) is 0 Å². The molecular formula is C26H38O. The largest absolute Gasteiger partial charge is 0.508 e. The van der Waals surface area contributed by atoms with Gasteiger partial charge in [0.25, 0.3) is 0 Å². The topological polar surface area (TPSA) is 20.2 Å². The Bertz CT molecular complexity index is 697. The van der Waals surface area contributed by atoms with Crippen molar-refractivity contribution < 1.29 is 5.11 Å². The number of rotatable bonds is 2. The third-order valence-electron chi connectivity index (χ3n) is 8.15. The van der Waals surface area contributed by atoms with Crippen molar-refractivity contribution in [3.8, 4) is 18.1 Å². The Hall–Kier alpha value is -1.42. The number of terminal acetylenes is 1. The van der Waals surface area contributed by atoms with Crippen molar-refractivity contribution in [2.24, 2.45) is 23.2 Å². The van der Waals surface area contributed by atoms with E-state index in [0.717, 1.165) is 42.6 Å². The summed E-state index contributed by atoms with van der Waals surface area (Å²) in [5.74, 6) is 6.59. The van der Waals surface area contributed by atoms with Gasteiger partial charge in [-0.25, -0.2) is 0 Å². The van der Waals surface area contributed by atoms with Gasteiger partial charge in [-0.3, -0.25) is 0 Å². The zero-order valence-electron chi connectivity index (χ0n) is 17.9. The first kappa shape index (κ1) is 20.3. The third kappa shape index (κ3) is 3.53. The van der Waals surface area contributed by atoms with E-state index in [9.17, 15) is 5.11 Å². The molecule has 27 heavy (non-hydrogen) atoms. The summed E-state index contributed by atoms with van der Waals surface area (Å²) in [5.41, 5.74) is 4.55. The van der Waals surface area contributed by atoms with Gasteiger partial charge in [-0.15, -0.1) is 12.3 Å². The Morgan fingerprint density at radius 1 is 1.19 bits per heavy atom. The number of hydrogen-bond donors (Lipinski definition) is 1. The zero-order chi connectivity index (χ0) is 19.6. The molecule has 0 amide bonds. The molecule has 0 aromatic heterocycles. The number of benzene rings is 1. The highest BCUT2D eigenvalue weighted by atomic mass is 16.3. The van der Waals surface area contributed by atoms with Gasteiger partial charge in [0.15, 0.2) is 0 Å². The molecular weight excluding hydrogens is 328 g/mol. The Labute approximate surface area is 167 Å². The molecule has 5 unspecified atom stereocenters. The predicted molar refractivity (Wildman–Crippen MR) is 115 cm³/mol. The van der Waals surface area contributed by atoms with Crippen LogP contribution in [0, 0.1) is 35.5 Å². The summed E-state index contributed by atoms with van der Waals surface area (Å²) < 4.78 is 0. The van der Waals surface area contributed by atoms with Crippen molar-refractivity contribution in [3.05, 3.63) is 28.8 Å². The zero-order valence-corrected chi connectivity index (χ0v) is 17.9. The van der Waals surface area contributed by atoms with Crippen molar-refractivity contribution in [1.82, 2.24) is 0 Å². The Morgan fingerprint density at radius 3 is 2.67 bits per heavy atom. The number of hydrogen-bond acceptors (Lipinski definition) is 1. The van der Waals surface area contributed by atoms with Gasteiger partial charge in [-0.05, 0) is 103 Å². The van der Waals surface area contributed by atoms with Gasteiger partial charge in [0.05, 0.1) is 0 Å².